The summed E-state index contributed by atoms with van der Waals surface area (Å²) >= 11 is 0. The molecular formula is C21H20N4O2. The van der Waals surface area contributed by atoms with Crippen LogP contribution in [0.2, 0.25) is 0 Å². The highest BCUT2D eigenvalue weighted by molar-refractivity contribution is 5.93. The maximum Gasteiger partial charge on any atom is 0.273 e. The molecule has 0 unspecified atom stereocenters. The van der Waals surface area contributed by atoms with Gasteiger partial charge >= 0.3 is 0 Å². The lowest BCUT2D eigenvalue weighted by molar-refractivity contribution is 0.0944. The molecule has 1 amide bonds. The van der Waals surface area contributed by atoms with Crippen molar-refractivity contribution in [3.05, 3.63) is 72.2 Å². The summed E-state index contributed by atoms with van der Waals surface area (Å²) in [5.41, 5.74) is 3.30. The molecule has 0 saturated carbocycles. The quantitative estimate of drug-likeness (QED) is 0.531. The first-order valence-electron chi connectivity index (χ1n) is 8.94. The van der Waals surface area contributed by atoms with Crippen LogP contribution >= 0.6 is 0 Å². The van der Waals surface area contributed by atoms with E-state index in [2.05, 4.69) is 26.1 Å². The van der Waals surface area contributed by atoms with Gasteiger partial charge in [-0.1, -0.05) is 47.6 Å². The van der Waals surface area contributed by atoms with Crippen molar-refractivity contribution in [3.63, 3.8) is 0 Å². The number of para-hydroxylation sites is 2. The van der Waals surface area contributed by atoms with E-state index in [0.717, 1.165) is 35.4 Å². The van der Waals surface area contributed by atoms with Gasteiger partial charge < -0.3 is 14.4 Å². The second-order valence-electron chi connectivity index (χ2n) is 6.35. The Morgan fingerprint density at radius 3 is 2.74 bits per heavy atom. The van der Waals surface area contributed by atoms with Gasteiger partial charge in [-0.25, -0.2) is 4.98 Å². The molecule has 4 aromatic rings. The van der Waals surface area contributed by atoms with Crippen LogP contribution < -0.4 is 5.32 Å². The number of hydrogen-bond donors (Lipinski definition) is 1. The Labute approximate surface area is 156 Å². The summed E-state index contributed by atoms with van der Waals surface area (Å²) < 4.78 is 7.45. The van der Waals surface area contributed by atoms with Crippen LogP contribution in [0.3, 0.4) is 0 Å². The van der Waals surface area contributed by atoms with Crippen LogP contribution in [0.4, 0.5) is 0 Å². The first-order chi connectivity index (χ1) is 13.2. The molecule has 6 nitrogen and oxygen atoms in total. The van der Waals surface area contributed by atoms with Gasteiger partial charge in [-0.05, 0) is 25.5 Å². The Bertz CT molecular complexity index is 1070. The minimum atomic E-state index is -0.229. The lowest BCUT2D eigenvalue weighted by Gasteiger charge is -2.07. The molecule has 2 aromatic heterocycles. The predicted molar refractivity (Wildman–Crippen MR) is 103 cm³/mol. The van der Waals surface area contributed by atoms with Crippen LogP contribution in [0.15, 0.2) is 65.2 Å². The average molecular weight is 360 g/mol. The van der Waals surface area contributed by atoms with Crippen molar-refractivity contribution in [1.82, 2.24) is 20.0 Å². The van der Waals surface area contributed by atoms with Crippen LogP contribution in [0, 0.1) is 6.92 Å². The molecule has 4 rings (SSSR count). The molecule has 0 saturated heterocycles. The number of carbonyl (C=O) groups excluding carboxylic acids is 1. The number of amides is 1. The van der Waals surface area contributed by atoms with Crippen molar-refractivity contribution in [2.75, 3.05) is 6.54 Å². The molecule has 6 heteroatoms. The van der Waals surface area contributed by atoms with E-state index in [1.807, 2.05) is 55.5 Å². The van der Waals surface area contributed by atoms with E-state index in [4.69, 9.17) is 4.52 Å². The first-order valence-corrected chi connectivity index (χ1v) is 8.94. The third-order valence-corrected chi connectivity index (χ3v) is 4.49. The molecule has 0 radical (unpaired) electrons. The summed E-state index contributed by atoms with van der Waals surface area (Å²) in [6.45, 7) is 3.35. The lowest BCUT2D eigenvalue weighted by Crippen LogP contribution is -2.25. The lowest BCUT2D eigenvalue weighted by atomic mass is 10.1. The number of hydrogen-bond acceptors (Lipinski definition) is 4. The van der Waals surface area contributed by atoms with Crippen molar-refractivity contribution in [2.24, 2.45) is 0 Å². The summed E-state index contributed by atoms with van der Waals surface area (Å²) in [6, 6.07) is 19.3. The number of nitrogens with zero attached hydrogens (tertiary/aromatic N) is 3. The van der Waals surface area contributed by atoms with Gasteiger partial charge in [0.05, 0.1) is 11.0 Å². The number of carbonyl (C=O) groups is 1. The Balaban J connectivity index is 1.33. The monoisotopic (exact) mass is 360 g/mol. The third kappa shape index (κ3) is 3.60. The molecule has 27 heavy (non-hydrogen) atoms. The molecule has 2 heterocycles. The van der Waals surface area contributed by atoms with Crippen LogP contribution in [-0.4, -0.2) is 27.2 Å². The Morgan fingerprint density at radius 1 is 1.11 bits per heavy atom. The van der Waals surface area contributed by atoms with Gasteiger partial charge in [-0.2, -0.15) is 0 Å². The van der Waals surface area contributed by atoms with Crippen LogP contribution in [0.1, 0.15) is 22.7 Å². The smallest absolute Gasteiger partial charge is 0.273 e. The molecule has 136 valence electrons. The number of benzene rings is 2. The number of rotatable bonds is 6. The van der Waals surface area contributed by atoms with E-state index in [1.165, 1.54) is 0 Å². The van der Waals surface area contributed by atoms with Gasteiger partial charge in [0, 0.05) is 24.7 Å². The van der Waals surface area contributed by atoms with Gasteiger partial charge in [0.15, 0.2) is 11.5 Å². The number of aromatic nitrogens is 3. The Morgan fingerprint density at radius 2 is 1.89 bits per heavy atom. The van der Waals surface area contributed by atoms with E-state index in [0.29, 0.717) is 12.3 Å². The second-order valence-corrected chi connectivity index (χ2v) is 6.35. The van der Waals surface area contributed by atoms with Gasteiger partial charge in [-0.3, -0.25) is 4.79 Å². The standard InChI is InChI=1S/C21H20N4O2/c1-15-23-17-10-5-6-11-19(17)25(15)13-7-12-22-21(26)18-14-20(27-24-18)16-8-3-2-4-9-16/h2-6,8-11,14H,7,12-13H2,1H3,(H,22,26). The van der Waals surface area contributed by atoms with E-state index in [9.17, 15) is 4.79 Å². The molecule has 0 spiro atoms. The van der Waals surface area contributed by atoms with Crippen molar-refractivity contribution >= 4 is 16.9 Å². The molecule has 0 aliphatic rings. The molecule has 1 N–H and O–H groups in total. The summed E-state index contributed by atoms with van der Waals surface area (Å²) in [4.78, 5) is 16.8. The highest BCUT2D eigenvalue weighted by Gasteiger charge is 2.13. The van der Waals surface area contributed by atoms with E-state index >= 15 is 0 Å². The zero-order chi connectivity index (χ0) is 18.6. The normalized spacial score (nSPS) is 11.0. The minimum absolute atomic E-state index is 0.229. The fourth-order valence-electron chi connectivity index (χ4n) is 3.13. The van der Waals surface area contributed by atoms with Crippen LogP contribution in [0.5, 0.6) is 0 Å². The van der Waals surface area contributed by atoms with Gasteiger partial charge in [0.1, 0.15) is 5.82 Å². The SMILES string of the molecule is Cc1nc2ccccc2n1CCCNC(=O)c1cc(-c2ccccc2)on1. The van der Waals surface area contributed by atoms with E-state index in [1.54, 1.807) is 6.07 Å². The number of fused-ring (bicyclic) bond motifs is 1. The molecule has 0 atom stereocenters. The Hall–Kier alpha value is -3.41. The number of aryl methyl sites for hydroxylation is 2. The maximum absolute atomic E-state index is 12.3. The van der Waals surface area contributed by atoms with Crippen LogP contribution in [0.25, 0.3) is 22.4 Å². The largest absolute Gasteiger partial charge is 0.355 e. The molecule has 0 fully saturated rings. The molecule has 0 bridgehead atoms. The van der Waals surface area contributed by atoms with Crippen molar-refractivity contribution in [2.45, 2.75) is 19.9 Å². The zero-order valence-corrected chi connectivity index (χ0v) is 15.1. The highest BCUT2D eigenvalue weighted by atomic mass is 16.5. The third-order valence-electron chi connectivity index (χ3n) is 4.49. The average Bonchev–Trinajstić information content (AvgIpc) is 3.31. The minimum Gasteiger partial charge on any atom is -0.355 e. The number of nitrogens with one attached hydrogen (secondary N) is 1. The Kier molecular flexibility index (Phi) is 4.70. The predicted octanol–water partition coefficient (Wildman–Crippen LogP) is 3.82. The highest BCUT2D eigenvalue weighted by Crippen LogP contribution is 2.19. The fourth-order valence-corrected chi connectivity index (χ4v) is 3.13. The summed E-state index contributed by atoms with van der Waals surface area (Å²) in [7, 11) is 0. The zero-order valence-electron chi connectivity index (χ0n) is 15.1. The second kappa shape index (κ2) is 7.45. The van der Waals surface area contributed by atoms with E-state index < -0.39 is 0 Å². The van der Waals surface area contributed by atoms with Crippen molar-refractivity contribution in [3.8, 4) is 11.3 Å². The maximum atomic E-state index is 12.3. The summed E-state index contributed by atoms with van der Waals surface area (Å²) in [5.74, 6) is 1.33. The van der Waals surface area contributed by atoms with Gasteiger partial charge in [-0.15, -0.1) is 0 Å². The van der Waals surface area contributed by atoms with E-state index in [-0.39, 0.29) is 11.6 Å². The summed E-state index contributed by atoms with van der Waals surface area (Å²) in [5, 5.41) is 6.77. The van der Waals surface area contributed by atoms with Crippen molar-refractivity contribution in [1.29, 1.82) is 0 Å². The van der Waals surface area contributed by atoms with Gasteiger partial charge in [0.25, 0.3) is 5.91 Å². The molecule has 0 aliphatic carbocycles. The molecular weight excluding hydrogens is 340 g/mol. The molecule has 0 aliphatic heterocycles. The van der Waals surface area contributed by atoms with Crippen LogP contribution in [-0.2, 0) is 6.54 Å². The topological polar surface area (TPSA) is 73.0 Å². The van der Waals surface area contributed by atoms with Crippen molar-refractivity contribution < 1.29 is 9.32 Å². The number of imidazole rings is 1. The molecule has 2 aromatic carbocycles. The first kappa shape index (κ1) is 17.0. The van der Waals surface area contributed by atoms with Gasteiger partial charge in [0.2, 0.25) is 0 Å². The fraction of sp³-hybridized carbons (Fsp3) is 0.190. The summed E-state index contributed by atoms with van der Waals surface area (Å²) in [6.07, 6.45) is 0.802.